The standard InChI is InChI=1S/C6H9NOS/c1-5-2-8-3-6(5)7-4-9/h5-6H,2-3H2,1H3. The summed E-state index contributed by atoms with van der Waals surface area (Å²) in [4.78, 5) is 3.94. The lowest BCUT2D eigenvalue weighted by atomic mass is 10.1. The third kappa shape index (κ3) is 1.58. The molecule has 1 aliphatic rings. The molecule has 1 saturated heterocycles. The van der Waals surface area contributed by atoms with Gasteiger partial charge in [-0.1, -0.05) is 6.92 Å². The molecule has 50 valence electrons. The van der Waals surface area contributed by atoms with E-state index in [0.29, 0.717) is 12.5 Å². The van der Waals surface area contributed by atoms with E-state index in [-0.39, 0.29) is 6.04 Å². The number of hydrogen-bond donors (Lipinski definition) is 0. The van der Waals surface area contributed by atoms with E-state index in [1.165, 1.54) is 0 Å². The average molecular weight is 143 g/mol. The smallest absolute Gasteiger partial charge is 0.0883 e. The maximum absolute atomic E-state index is 5.14. The van der Waals surface area contributed by atoms with Crippen LogP contribution in [-0.4, -0.2) is 24.4 Å². The van der Waals surface area contributed by atoms with Crippen LogP contribution >= 0.6 is 12.2 Å². The third-order valence-electron chi connectivity index (χ3n) is 1.54. The van der Waals surface area contributed by atoms with E-state index in [4.69, 9.17) is 4.74 Å². The van der Waals surface area contributed by atoms with Crippen molar-refractivity contribution in [1.82, 2.24) is 0 Å². The Hall–Kier alpha value is -0.240. The van der Waals surface area contributed by atoms with Gasteiger partial charge < -0.3 is 4.74 Å². The highest BCUT2D eigenvalue weighted by atomic mass is 32.1. The molecule has 0 N–H and O–H groups in total. The Bertz CT molecular complexity index is 142. The van der Waals surface area contributed by atoms with Gasteiger partial charge in [-0.2, -0.15) is 0 Å². The van der Waals surface area contributed by atoms with Crippen LogP contribution in [0.25, 0.3) is 0 Å². The molecule has 3 heteroatoms. The second-order valence-corrected chi connectivity index (χ2v) is 2.49. The normalized spacial score (nSPS) is 33.9. The first-order valence-corrected chi connectivity index (χ1v) is 3.40. The van der Waals surface area contributed by atoms with Crippen LogP contribution in [0, 0.1) is 5.92 Å². The second-order valence-electron chi connectivity index (χ2n) is 2.30. The molecule has 2 unspecified atom stereocenters. The van der Waals surface area contributed by atoms with Gasteiger partial charge in [0.05, 0.1) is 24.4 Å². The molecule has 0 radical (unpaired) electrons. The molecule has 1 rings (SSSR count). The molecule has 0 aromatic heterocycles. The number of isothiocyanates is 1. The molecule has 2 nitrogen and oxygen atoms in total. The lowest BCUT2D eigenvalue weighted by molar-refractivity contribution is 0.186. The van der Waals surface area contributed by atoms with Gasteiger partial charge in [-0.3, -0.25) is 0 Å². The Kier molecular flexibility index (Phi) is 2.34. The van der Waals surface area contributed by atoms with Gasteiger partial charge in [0.25, 0.3) is 0 Å². The van der Waals surface area contributed by atoms with Crippen molar-refractivity contribution in [3.05, 3.63) is 0 Å². The maximum atomic E-state index is 5.14. The van der Waals surface area contributed by atoms with Gasteiger partial charge in [-0.25, -0.2) is 4.99 Å². The Morgan fingerprint density at radius 2 is 2.44 bits per heavy atom. The topological polar surface area (TPSA) is 21.6 Å². The van der Waals surface area contributed by atoms with Crippen LogP contribution in [0.5, 0.6) is 0 Å². The van der Waals surface area contributed by atoms with Gasteiger partial charge in [-0.15, -0.1) is 0 Å². The lowest BCUT2D eigenvalue weighted by Gasteiger charge is -2.02. The zero-order chi connectivity index (χ0) is 6.69. The van der Waals surface area contributed by atoms with Crippen molar-refractivity contribution in [2.75, 3.05) is 13.2 Å². The highest BCUT2D eigenvalue weighted by Crippen LogP contribution is 2.14. The van der Waals surface area contributed by atoms with Crippen molar-refractivity contribution in [2.24, 2.45) is 10.9 Å². The highest BCUT2D eigenvalue weighted by molar-refractivity contribution is 7.78. The molecule has 1 fully saturated rings. The predicted octanol–water partition coefficient (Wildman–Crippen LogP) is 1.12. The maximum Gasteiger partial charge on any atom is 0.0883 e. The Balaban J connectivity index is 2.49. The quantitative estimate of drug-likeness (QED) is 0.405. The van der Waals surface area contributed by atoms with E-state index in [2.05, 4.69) is 29.3 Å². The number of aliphatic imine (C=N–C) groups is 1. The van der Waals surface area contributed by atoms with Crippen molar-refractivity contribution >= 4 is 17.4 Å². The number of nitrogens with zero attached hydrogens (tertiary/aromatic N) is 1. The molecule has 0 bridgehead atoms. The molecule has 2 atom stereocenters. The monoisotopic (exact) mass is 143 g/mol. The summed E-state index contributed by atoms with van der Waals surface area (Å²) in [6, 6.07) is 0.266. The van der Waals surface area contributed by atoms with E-state index in [1.807, 2.05) is 0 Å². The first-order chi connectivity index (χ1) is 4.34. The minimum atomic E-state index is 0.266. The summed E-state index contributed by atoms with van der Waals surface area (Å²) in [6.45, 7) is 3.63. The largest absolute Gasteiger partial charge is 0.379 e. The van der Waals surface area contributed by atoms with Crippen LogP contribution in [0.1, 0.15) is 6.92 Å². The zero-order valence-corrected chi connectivity index (χ0v) is 6.15. The van der Waals surface area contributed by atoms with Crippen LogP contribution in [0.15, 0.2) is 4.99 Å². The summed E-state index contributed by atoms with van der Waals surface area (Å²) in [7, 11) is 0. The van der Waals surface area contributed by atoms with E-state index >= 15 is 0 Å². The van der Waals surface area contributed by atoms with Crippen molar-refractivity contribution in [1.29, 1.82) is 0 Å². The fraction of sp³-hybridized carbons (Fsp3) is 0.833. The summed E-state index contributed by atoms with van der Waals surface area (Å²) in [6.07, 6.45) is 0. The second kappa shape index (κ2) is 3.06. The minimum absolute atomic E-state index is 0.266. The summed E-state index contributed by atoms with van der Waals surface area (Å²) in [5.41, 5.74) is 0. The fourth-order valence-electron chi connectivity index (χ4n) is 0.882. The van der Waals surface area contributed by atoms with Crippen LogP contribution < -0.4 is 0 Å². The Morgan fingerprint density at radius 3 is 2.89 bits per heavy atom. The zero-order valence-electron chi connectivity index (χ0n) is 5.33. The van der Waals surface area contributed by atoms with Crippen molar-refractivity contribution in [3.8, 4) is 0 Å². The number of hydrogen-bond acceptors (Lipinski definition) is 3. The Labute approximate surface area is 59.9 Å². The molecule has 1 aliphatic heterocycles. The summed E-state index contributed by atoms with van der Waals surface area (Å²) < 4.78 is 5.14. The first kappa shape index (κ1) is 6.87. The van der Waals surface area contributed by atoms with Crippen LogP contribution in [0.3, 0.4) is 0 Å². The molecule has 1 heterocycles. The number of rotatable bonds is 1. The summed E-state index contributed by atoms with van der Waals surface area (Å²) in [5.74, 6) is 0.514. The molecular weight excluding hydrogens is 134 g/mol. The van der Waals surface area contributed by atoms with E-state index in [9.17, 15) is 0 Å². The summed E-state index contributed by atoms with van der Waals surface area (Å²) in [5, 5.41) is 2.37. The van der Waals surface area contributed by atoms with Gasteiger partial charge in [0.15, 0.2) is 0 Å². The third-order valence-corrected chi connectivity index (χ3v) is 1.65. The van der Waals surface area contributed by atoms with Crippen LogP contribution in [0.2, 0.25) is 0 Å². The van der Waals surface area contributed by atoms with E-state index in [1.54, 1.807) is 0 Å². The van der Waals surface area contributed by atoms with E-state index in [0.717, 1.165) is 6.61 Å². The highest BCUT2D eigenvalue weighted by Gasteiger charge is 2.22. The molecular formula is C6H9NOS. The first-order valence-electron chi connectivity index (χ1n) is 2.99. The summed E-state index contributed by atoms with van der Waals surface area (Å²) >= 11 is 4.47. The van der Waals surface area contributed by atoms with Gasteiger partial charge in [0.1, 0.15) is 0 Å². The predicted molar refractivity (Wildman–Crippen MR) is 38.8 cm³/mol. The van der Waals surface area contributed by atoms with Gasteiger partial charge >= 0.3 is 0 Å². The van der Waals surface area contributed by atoms with Gasteiger partial charge in [-0.05, 0) is 12.2 Å². The number of ether oxygens (including phenoxy) is 1. The number of thiocarbonyl (C=S) groups is 1. The van der Waals surface area contributed by atoms with Crippen LogP contribution in [-0.2, 0) is 4.74 Å². The molecule has 0 aliphatic carbocycles. The van der Waals surface area contributed by atoms with Gasteiger partial charge in [0, 0.05) is 5.92 Å². The fourth-order valence-corrected chi connectivity index (χ4v) is 1.02. The molecule has 0 saturated carbocycles. The average Bonchev–Trinajstić information content (AvgIpc) is 2.18. The van der Waals surface area contributed by atoms with Crippen LogP contribution in [0.4, 0.5) is 0 Å². The molecule has 9 heavy (non-hydrogen) atoms. The van der Waals surface area contributed by atoms with E-state index < -0.39 is 0 Å². The minimum Gasteiger partial charge on any atom is -0.379 e. The van der Waals surface area contributed by atoms with Crippen molar-refractivity contribution in [3.63, 3.8) is 0 Å². The molecule has 0 aromatic carbocycles. The Morgan fingerprint density at radius 1 is 1.67 bits per heavy atom. The molecule has 0 aromatic rings. The lowest BCUT2D eigenvalue weighted by Crippen LogP contribution is -2.11. The van der Waals surface area contributed by atoms with Crippen molar-refractivity contribution in [2.45, 2.75) is 13.0 Å². The van der Waals surface area contributed by atoms with Crippen molar-refractivity contribution < 1.29 is 4.74 Å². The van der Waals surface area contributed by atoms with Gasteiger partial charge in [0.2, 0.25) is 0 Å². The SMILES string of the molecule is CC1COCC1N=C=S. The molecule has 0 amide bonds. The molecule has 0 spiro atoms.